The summed E-state index contributed by atoms with van der Waals surface area (Å²) in [7, 11) is 3.20. The van der Waals surface area contributed by atoms with Gasteiger partial charge in [0.1, 0.15) is 6.61 Å². The second kappa shape index (κ2) is 11.9. The highest BCUT2D eigenvalue weighted by Gasteiger charge is 2.36. The number of nitrogens with two attached hydrogens (primary N) is 1. The first-order chi connectivity index (χ1) is 17.4. The van der Waals surface area contributed by atoms with E-state index in [1.165, 1.54) is 17.0 Å². The first-order valence-corrected chi connectivity index (χ1v) is 12.1. The molecule has 0 aliphatic carbocycles. The smallest absolute Gasteiger partial charge is 0.416 e. The molecule has 5 N–H and O–H groups in total. The van der Waals surface area contributed by atoms with Gasteiger partial charge in [0, 0.05) is 37.6 Å². The van der Waals surface area contributed by atoms with Crippen molar-refractivity contribution in [2.45, 2.75) is 46.0 Å². The van der Waals surface area contributed by atoms with Crippen molar-refractivity contribution >= 4 is 40.7 Å². The van der Waals surface area contributed by atoms with Crippen LogP contribution in [0.5, 0.6) is 0 Å². The number of carbonyl (C=O) groups excluding carboxylic acids is 2. The van der Waals surface area contributed by atoms with Crippen LogP contribution in [0.3, 0.4) is 0 Å². The van der Waals surface area contributed by atoms with E-state index in [9.17, 15) is 22.8 Å². The number of urea groups is 1. The van der Waals surface area contributed by atoms with Crippen LogP contribution >= 0.6 is 12.2 Å². The van der Waals surface area contributed by atoms with Crippen LogP contribution in [0.1, 0.15) is 44.4 Å². The Morgan fingerprint density at radius 1 is 1.03 bits per heavy atom. The minimum atomic E-state index is -4.56. The third-order valence-corrected chi connectivity index (χ3v) is 5.81. The molecule has 208 valence electrons. The van der Waals surface area contributed by atoms with E-state index >= 15 is 0 Å². The van der Waals surface area contributed by atoms with Gasteiger partial charge in [0.25, 0.3) is 0 Å². The highest BCUT2D eigenvalue weighted by atomic mass is 32.1. The van der Waals surface area contributed by atoms with E-state index < -0.39 is 28.7 Å². The van der Waals surface area contributed by atoms with Gasteiger partial charge in [0.2, 0.25) is 0 Å². The van der Waals surface area contributed by atoms with Crippen molar-refractivity contribution in [2.75, 3.05) is 31.8 Å². The molecule has 2 amide bonds. The maximum absolute atomic E-state index is 13.4. The van der Waals surface area contributed by atoms with Gasteiger partial charge in [-0.05, 0) is 69.7 Å². The highest BCUT2D eigenvalue weighted by Crippen LogP contribution is 2.33. The number of alkyl halides is 3. The Morgan fingerprint density at radius 3 is 2.21 bits per heavy atom. The molecule has 8 nitrogen and oxygen atoms in total. The summed E-state index contributed by atoms with van der Waals surface area (Å²) in [4.78, 5) is 25.8. The van der Waals surface area contributed by atoms with Gasteiger partial charge in [-0.2, -0.15) is 13.2 Å². The minimum absolute atomic E-state index is 0.0440. The van der Waals surface area contributed by atoms with Gasteiger partial charge in [0.05, 0.1) is 16.5 Å². The predicted octanol–water partition coefficient (Wildman–Crippen LogP) is 4.85. The molecule has 2 rings (SSSR count). The van der Waals surface area contributed by atoms with Gasteiger partial charge >= 0.3 is 18.2 Å². The van der Waals surface area contributed by atoms with Crippen molar-refractivity contribution in [1.29, 1.82) is 0 Å². The molecule has 0 saturated heterocycles. The Balaban J connectivity index is 2.36. The summed E-state index contributed by atoms with van der Waals surface area (Å²) in [6, 6.07) is 9.46. The van der Waals surface area contributed by atoms with E-state index in [1.54, 1.807) is 60.0 Å². The number of hydrogen-bond donors (Lipinski definition) is 4. The number of esters is 1. The Hall–Kier alpha value is -3.54. The Morgan fingerprint density at radius 2 is 1.63 bits per heavy atom. The topological polar surface area (TPSA) is 109 Å². The van der Waals surface area contributed by atoms with E-state index in [4.69, 9.17) is 22.7 Å². The second-order valence-electron chi connectivity index (χ2n) is 10.2. The predicted molar refractivity (Wildman–Crippen MR) is 145 cm³/mol. The lowest BCUT2D eigenvalue weighted by Gasteiger charge is -2.34. The van der Waals surface area contributed by atoms with Crippen LogP contribution in [0.4, 0.5) is 29.3 Å². The Kier molecular flexibility index (Phi) is 9.60. The molecule has 0 fully saturated rings. The molecule has 1 atom stereocenters. The Bertz CT molecular complexity index is 1180. The fourth-order valence-corrected chi connectivity index (χ4v) is 3.64. The molecule has 0 aromatic heterocycles. The standard InChI is InChI=1S/C26H34F3N5O3S/c1-24(2,3)21(35)37-15-25(4,16-9-7-10-17(13-16)26(27,28)29)33-22(38)32-20-12-8-11-19(30)18(20)14-31-23(36)34(5)6/h7-13H,14-15,30H2,1-6H3,(H,31,36)(H2,32,33,38). The number of hydrogen-bond acceptors (Lipinski definition) is 5. The quantitative estimate of drug-likeness (QED) is 0.221. The van der Waals surface area contributed by atoms with Crippen molar-refractivity contribution in [3.8, 4) is 0 Å². The zero-order valence-corrected chi connectivity index (χ0v) is 23.1. The summed E-state index contributed by atoms with van der Waals surface area (Å²) >= 11 is 5.50. The first kappa shape index (κ1) is 30.7. The number of carbonyl (C=O) groups is 2. The first-order valence-electron chi connectivity index (χ1n) is 11.7. The van der Waals surface area contributed by atoms with E-state index in [-0.39, 0.29) is 29.9 Å². The molecule has 0 saturated carbocycles. The molecular formula is C26H34F3N5O3S. The SMILES string of the molecule is CN(C)C(=O)NCc1c(N)cccc1NC(=S)NC(C)(COC(=O)C(C)(C)C)c1cccc(C(F)(F)F)c1. The second-order valence-corrected chi connectivity index (χ2v) is 10.7. The summed E-state index contributed by atoms with van der Waals surface area (Å²) in [6.45, 7) is 6.41. The number of anilines is 2. The fraction of sp³-hybridized carbons (Fsp3) is 0.423. The van der Waals surface area contributed by atoms with Crippen LogP contribution in [-0.2, 0) is 27.8 Å². The average Bonchev–Trinajstić information content (AvgIpc) is 2.80. The molecule has 0 heterocycles. The molecule has 2 aromatic carbocycles. The monoisotopic (exact) mass is 553 g/mol. The number of nitrogens with zero attached hydrogens (tertiary/aromatic N) is 1. The summed E-state index contributed by atoms with van der Waals surface area (Å²) in [5.41, 5.74) is 4.79. The van der Waals surface area contributed by atoms with E-state index in [0.29, 0.717) is 16.9 Å². The molecular weight excluding hydrogens is 519 g/mol. The fourth-order valence-electron chi connectivity index (χ4n) is 3.30. The number of amides is 2. The van der Waals surface area contributed by atoms with E-state index in [0.717, 1.165) is 12.1 Å². The molecule has 0 spiro atoms. The summed E-state index contributed by atoms with van der Waals surface area (Å²) < 4.78 is 45.8. The van der Waals surface area contributed by atoms with Gasteiger partial charge in [-0.3, -0.25) is 4.79 Å². The van der Waals surface area contributed by atoms with E-state index in [2.05, 4.69) is 16.0 Å². The molecule has 0 aliphatic rings. The molecule has 0 aliphatic heterocycles. The lowest BCUT2D eigenvalue weighted by Crippen LogP contribution is -2.49. The third kappa shape index (κ3) is 8.23. The summed E-state index contributed by atoms with van der Waals surface area (Å²) in [6.07, 6.45) is -4.56. The number of benzene rings is 2. The molecule has 0 bridgehead atoms. The Labute approximate surface area is 226 Å². The molecule has 0 radical (unpaired) electrons. The lowest BCUT2D eigenvalue weighted by atomic mass is 9.91. The molecule has 1 unspecified atom stereocenters. The van der Waals surface area contributed by atoms with Gasteiger partial charge in [0.15, 0.2) is 5.11 Å². The summed E-state index contributed by atoms with van der Waals surface area (Å²) in [5, 5.41) is 8.80. The van der Waals surface area contributed by atoms with E-state index in [1.807, 2.05) is 0 Å². The maximum atomic E-state index is 13.4. The number of nitrogens with one attached hydrogen (secondary N) is 3. The van der Waals surface area contributed by atoms with Crippen molar-refractivity contribution in [1.82, 2.24) is 15.5 Å². The summed E-state index contributed by atoms with van der Waals surface area (Å²) in [5.74, 6) is -0.522. The zero-order chi connectivity index (χ0) is 28.9. The molecule has 2 aromatic rings. The van der Waals surface area contributed by atoms with Crippen molar-refractivity contribution in [3.63, 3.8) is 0 Å². The number of halogens is 3. The third-order valence-electron chi connectivity index (χ3n) is 5.60. The number of ether oxygens (including phenoxy) is 1. The van der Waals surface area contributed by atoms with Crippen LogP contribution in [-0.4, -0.2) is 42.7 Å². The molecule has 38 heavy (non-hydrogen) atoms. The van der Waals surface area contributed by atoms with Crippen molar-refractivity contribution < 1.29 is 27.5 Å². The lowest BCUT2D eigenvalue weighted by molar-refractivity contribution is -0.155. The highest BCUT2D eigenvalue weighted by molar-refractivity contribution is 7.80. The van der Waals surface area contributed by atoms with Gasteiger partial charge in [-0.25, -0.2) is 4.79 Å². The van der Waals surface area contributed by atoms with Crippen LogP contribution in [0.2, 0.25) is 0 Å². The van der Waals surface area contributed by atoms with Crippen LogP contribution < -0.4 is 21.7 Å². The van der Waals surface area contributed by atoms with Crippen molar-refractivity contribution in [2.24, 2.45) is 5.41 Å². The zero-order valence-electron chi connectivity index (χ0n) is 22.2. The minimum Gasteiger partial charge on any atom is -0.462 e. The van der Waals surface area contributed by atoms with Gasteiger partial charge in [-0.1, -0.05) is 18.2 Å². The number of thiocarbonyl (C=S) groups is 1. The number of rotatable bonds is 7. The van der Waals surface area contributed by atoms with Crippen LogP contribution in [0.15, 0.2) is 42.5 Å². The van der Waals surface area contributed by atoms with Gasteiger partial charge in [-0.15, -0.1) is 0 Å². The van der Waals surface area contributed by atoms with Gasteiger partial charge < -0.3 is 31.3 Å². The normalized spacial score (nSPS) is 13.2. The van der Waals surface area contributed by atoms with Crippen LogP contribution in [0.25, 0.3) is 0 Å². The average molecular weight is 554 g/mol. The molecule has 12 heteroatoms. The van der Waals surface area contributed by atoms with Crippen LogP contribution in [0, 0.1) is 5.41 Å². The van der Waals surface area contributed by atoms with Crippen molar-refractivity contribution in [3.05, 3.63) is 59.2 Å². The maximum Gasteiger partial charge on any atom is 0.416 e. The largest absolute Gasteiger partial charge is 0.462 e. The number of nitrogen functional groups attached to an aromatic ring is 1.